The highest BCUT2D eigenvalue weighted by Gasteiger charge is 2.21. The maximum absolute atomic E-state index is 11.7. The molecule has 0 aromatic carbocycles. The molecule has 20 heavy (non-hydrogen) atoms. The van der Waals surface area contributed by atoms with Crippen LogP contribution in [0.5, 0.6) is 0 Å². The zero-order chi connectivity index (χ0) is 14.5. The largest absolute Gasteiger partial charge is 0.348 e. The molecule has 1 aliphatic heterocycles. The summed E-state index contributed by atoms with van der Waals surface area (Å²) in [6.45, 7) is 3.51. The summed E-state index contributed by atoms with van der Waals surface area (Å²) >= 11 is 5.27. The second-order valence-corrected chi connectivity index (χ2v) is 7.97. The van der Waals surface area contributed by atoms with Crippen molar-refractivity contribution in [3.8, 4) is 0 Å². The van der Waals surface area contributed by atoms with Crippen LogP contribution in [0.2, 0.25) is 0 Å². The molecule has 1 N–H and O–H groups in total. The van der Waals surface area contributed by atoms with E-state index in [-0.39, 0.29) is 5.91 Å². The van der Waals surface area contributed by atoms with Crippen molar-refractivity contribution in [2.24, 2.45) is 0 Å². The van der Waals surface area contributed by atoms with Crippen LogP contribution in [0.25, 0.3) is 0 Å². The molecule has 0 atom stereocenters. The molecular formula is C14H22BrN3OS. The Balaban J connectivity index is 1.68. The monoisotopic (exact) mass is 359 g/mol. The highest BCUT2D eigenvalue weighted by molar-refractivity contribution is 9.11. The van der Waals surface area contributed by atoms with Gasteiger partial charge in [-0.1, -0.05) is 0 Å². The standard InChI is InChI=1S/C14H22BrN3OS/c1-17(2)14(19)10-18-7-5-11(6-8-18)16-9-12-3-4-13(15)20-12/h3-4,11,16H,5-10H2,1-2H3. The quantitative estimate of drug-likeness (QED) is 0.874. The van der Waals surface area contributed by atoms with E-state index in [4.69, 9.17) is 0 Å². The Kier molecular flexibility index (Phi) is 6.01. The van der Waals surface area contributed by atoms with Crippen molar-refractivity contribution < 1.29 is 4.79 Å². The van der Waals surface area contributed by atoms with Gasteiger partial charge in [0.1, 0.15) is 0 Å². The van der Waals surface area contributed by atoms with Crippen molar-refractivity contribution in [1.29, 1.82) is 0 Å². The number of nitrogens with one attached hydrogen (secondary N) is 1. The van der Waals surface area contributed by atoms with Crippen molar-refractivity contribution >= 4 is 33.2 Å². The van der Waals surface area contributed by atoms with Crippen LogP contribution >= 0.6 is 27.3 Å². The third-order valence-corrected chi connectivity index (χ3v) is 5.26. The third-order valence-electron chi connectivity index (χ3n) is 3.64. The summed E-state index contributed by atoms with van der Waals surface area (Å²) in [5, 5.41) is 3.62. The lowest BCUT2D eigenvalue weighted by Gasteiger charge is -2.32. The Morgan fingerprint density at radius 2 is 2.15 bits per heavy atom. The van der Waals surface area contributed by atoms with E-state index >= 15 is 0 Å². The van der Waals surface area contributed by atoms with E-state index in [1.807, 2.05) is 14.1 Å². The van der Waals surface area contributed by atoms with Gasteiger partial charge in [-0.25, -0.2) is 0 Å². The number of halogens is 1. The summed E-state index contributed by atoms with van der Waals surface area (Å²) in [5.41, 5.74) is 0. The van der Waals surface area contributed by atoms with Gasteiger partial charge in [0, 0.05) is 44.6 Å². The van der Waals surface area contributed by atoms with E-state index in [9.17, 15) is 4.79 Å². The number of likely N-dealkylation sites (N-methyl/N-ethyl adjacent to an activating group) is 1. The molecule has 6 heteroatoms. The van der Waals surface area contributed by atoms with Crippen LogP contribution in [0.1, 0.15) is 17.7 Å². The fourth-order valence-corrected chi connectivity index (χ4v) is 3.75. The van der Waals surface area contributed by atoms with Crippen molar-refractivity contribution in [2.75, 3.05) is 33.7 Å². The SMILES string of the molecule is CN(C)C(=O)CN1CCC(NCc2ccc(Br)s2)CC1. The molecule has 1 aliphatic rings. The summed E-state index contributed by atoms with van der Waals surface area (Å²) in [6.07, 6.45) is 2.24. The summed E-state index contributed by atoms with van der Waals surface area (Å²) in [4.78, 5) is 17.0. The zero-order valence-corrected chi connectivity index (χ0v) is 14.5. The number of hydrogen-bond donors (Lipinski definition) is 1. The van der Waals surface area contributed by atoms with Crippen LogP contribution in [-0.4, -0.2) is 55.5 Å². The van der Waals surface area contributed by atoms with Gasteiger partial charge in [0.2, 0.25) is 5.91 Å². The minimum absolute atomic E-state index is 0.194. The summed E-state index contributed by atoms with van der Waals surface area (Å²) in [5.74, 6) is 0.194. The molecule has 2 rings (SSSR count). The second kappa shape index (κ2) is 7.54. The number of carbonyl (C=O) groups excluding carboxylic acids is 1. The molecule has 0 aliphatic carbocycles. The smallest absolute Gasteiger partial charge is 0.236 e. The third kappa shape index (κ3) is 4.84. The normalized spacial score (nSPS) is 17.4. The van der Waals surface area contributed by atoms with Gasteiger partial charge in [-0.2, -0.15) is 0 Å². The molecule has 0 saturated carbocycles. The first-order valence-electron chi connectivity index (χ1n) is 6.94. The van der Waals surface area contributed by atoms with Gasteiger partial charge >= 0.3 is 0 Å². The van der Waals surface area contributed by atoms with Crippen LogP contribution in [0.3, 0.4) is 0 Å². The highest BCUT2D eigenvalue weighted by atomic mass is 79.9. The Bertz CT molecular complexity index is 441. The van der Waals surface area contributed by atoms with Gasteiger partial charge in [0.05, 0.1) is 10.3 Å². The molecule has 4 nitrogen and oxygen atoms in total. The molecule has 1 amide bonds. The summed E-state index contributed by atoms with van der Waals surface area (Å²) in [6, 6.07) is 4.82. The maximum Gasteiger partial charge on any atom is 0.236 e. The van der Waals surface area contributed by atoms with Crippen LogP contribution in [0.4, 0.5) is 0 Å². The first kappa shape index (κ1) is 15.9. The van der Waals surface area contributed by atoms with Crippen LogP contribution < -0.4 is 5.32 Å². The molecule has 2 heterocycles. The summed E-state index contributed by atoms with van der Waals surface area (Å²) < 4.78 is 1.19. The van der Waals surface area contributed by atoms with E-state index in [1.54, 1.807) is 16.2 Å². The molecule has 1 aromatic rings. The number of rotatable bonds is 5. The molecule has 0 unspecified atom stereocenters. The molecule has 1 aromatic heterocycles. The van der Waals surface area contributed by atoms with Crippen molar-refractivity contribution in [3.63, 3.8) is 0 Å². The second-order valence-electron chi connectivity index (χ2n) is 5.43. The lowest BCUT2D eigenvalue weighted by molar-refractivity contribution is -0.130. The lowest BCUT2D eigenvalue weighted by atomic mass is 10.1. The lowest BCUT2D eigenvalue weighted by Crippen LogP contribution is -2.45. The minimum Gasteiger partial charge on any atom is -0.348 e. The van der Waals surface area contributed by atoms with Gasteiger partial charge < -0.3 is 10.2 Å². The number of amides is 1. The van der Waals surface area contributed by atoms with Crippen LogP contribution in [-0.2, 0) is 11.3 Å². The number of likely N-dealkylation sites (tertiary alicyclic amines) is 1. The first-order chi connectivity index (χ1) is 9.54. The van der Waals surface area contributed by atoms with Gasteiger partial charge in [-0.3, -0.25) is 9.69 Å². The van der Waals surface area contributed by atoms with Gasteiger partial charge in [0.25, 0.3) is 0 Å². The van der Waals surface area contributed by atoms with Crippen molar-refractivity contribution in [3.05, 3.63) is 20.8 Å². The maximum atomic E-state index is 11.7. The Hall–Kier alpha value is -0.430. The Labute approximate surface area is 133 Å². The van der Waals surface area contributed by atoms with E-state index in [0.717, 1.165) is 32.5 Å². The van der Waals surface area contributed by atoms with E-state index < -0.39 is 0 Å². The predicted octanol–water partition coefficient (Wildman–Crippen LogP) is 2.15. The molecular weight excluding hydrogens is 338 g/mol. The molecule has 1 fully saturated rings. The minimum atomic E-state index is 0.194. The Morgan fingerprint density at radius 3 is 2.70 bits per heavy atom. The topological polar surface area (TPSA) is 35.6 Å². The van der Waals surface area contributed by atoms with Gasteiger partial charge in [0.15, 0.2) is 0 Å². The van der Waals surface area contributed by atoms with E-state index in [0.29, 0.717) is 12.6 Å². The van der Waals surface area contributed by atoms with E-state index in [2.05, 4.69) is 38.3 Å². The average molecular weight is 360 g/mol. The molecule has 0 radical (unpaired) electrons. The van der Waals surface area contributed by atoms with Gasteiger partial charge in [-0.15, -0.1) is 11.3 Å². The highest BCUT2D eigenvalue weighted by Crippen LogP contribution is 2.22. The number of piperidine rings is 1. The van der Waals surface area contributed by atoms with E-state index in [1.165, 1.54) is 8.66 Å². The Morgan fingerprint density at radius 1 is 1.45 bits per heavy atom. The number of thiophene rings is 1. The van der Waals surface area contributed by atoms with Gasteiger partial charge in [-0.05, 0) is 40.9 Å². The molecule has 0 bridgehead atoms. The number of nitrogens with zero attached hydrogens (tertiary/aromatic N) is 2. The first-order valence-corrected chi connectivity index (χ1v) is 8.55. The predicted molar refractivity (Wildman–Crippen MR) is 87.0 cm³/mol. The zero-order valence-electron chi connectivity index (χ0n) is 12.1. The van der Waals surface area contributed by atoms with Crippen molar-refractivity contribution in [2.45, 2.75) is 25.4 Å². The van der Waals surface area contributed by atoms with Crippen LogP contribution in [0.15, 0.2) is 15.9 Å². The molecule has 0 spiro atoms. The van der Waals surface area contributed by atoms with Crippen molar-refractivity contribution in [1.82, 2.24) is 15.1 Å². The average Bonchev–Trinajstić information content (AvgIpc) is 2.83. The molecule has 112 valence electrons. The fourth-order valence-electron chi connectivity index (χ4n) is 2.32. The van der Waals surface area contributed by atoms with Crippen LogP contribution in [0, 0.1) is 0 Å². The number of carbonyl (C=O) groups is 1. The fraction of sp³-hybridized carbons (Fsp3) is 0.643. The number of hydrogen-bond acceptors (Lipinski definition) is 4. The molecule has 1 saturated heterocycles. The summed E-state index contributed by atoms with van der Waals surface area (Å²) in [7, 11) is 3.63.